The van der Waals surface area contributed by atoms with E-state index in [9.17, 15) is 19.5 Å². The average Bonchev–Trinajstić information content (AvgIpc) is 2.61. The molecule has 7 nitrogen and oxygen atoms in total. The molecule has 0 saturated carbocycles. The highest BCUT2D eigenvalue weighted by Crippen LogP contribution is 2.27. The Morgan fingerprint density at radius 2 is 2.00 bits per heavy atom. The molecule has 2 heterocycles. The van der Waals surface area contributed by atoms with E-state index in [1.807, 2.05) is 30.3 Å². The number of H-pyrrole nitrogens is 1. The second-order valence-electron chi connectivity index (χ2n) is 5.71. The Morgan fingerprint density at radius 1 is 1.28 bits per heavy atom. The Balaban J connectivity index is 2.00. The van der Waals surface area contributed by atoms with E-state index < -0.39 is 23.2 Å². The summed E-state index contributed by atoms with van der Waals surface area (Å²) in [6, 6.07) is 9.42. The molecule has 0 spiro atoms. The monoisotopic (exact) mass is 342 g/mol. The number of rotatable bonds is 4. The maximum absolute atomic E-state index is 12.8. The van der Waals surface area contributed by atoms with Crippen molar-refractivity contribution >= 4 is 11.9 Å². The van der Waals surface area contributed by atoms with E-state index in [0.717, 1.165) is 5.56 Å². The molecule has 0 fully saturated rings. The number of carbonyl (C=O) groups excluding carboxylic acids is 2. The number of fused-ring (bicyclic) bond motifs is 1. The number of hydrogen-bond donors (Lipinski definition) is 2. The van der Waals surface area contributed by atoms with Crippen molar-refractivity contribution in [2.45, 2.75) is 19.9 Å². The second kappa shape index (κ2) is 6.80. The zero-order valence-corrected chi connectivity index (χ0v) is 13.7. The van der Waals surface area contributed by atoms with Crippen LogP contribution in [0, 0.1) is 0 Å². The lowest BCUT2D eigenvalue weighted by Crippen LogP contribution is -2.39. The van der Waals surface area contributed by atoms with E-state index in [0.29, 0.717) is 25.1 Å². The molecule has 0 aliphatic carbocycles. The van der Waals surface area contributed by atoms with Crippen LogP contribution in [0.3, 0.4) is 0 Å². The number of pyridine rings is 1. The highest BCUT2D eigenvalue weighted by Gasteiger charge is 2.33. The summed E-state index contributed by atoms with van der Waals surface area (Å²) in [6.45, 7) is 2.53. The zero-order chi connectivity index (χ0) is 18.0. The van der Waals surface area contributed by atoms with Crippen LogP contribution >= 0.6 is 0 Å². The first kappa shape index (κ1) is 16.8. The predicted octanol–water partition coefficient (Wildman–Crippen LogP) is 1.46. The summed E-state index contributed by atoms with van der Waals surface area (Å²) in [5, 5.41) is 10.1. The molecule has 0 atom stereocenters. The van der Waals surface area contributed by atoms with Crippen LogP contribution in [0.4, 0.5) is 0 Å². The number of hydrogen-bond acceptors (Lipinski definition) is 5. The fraction of sp³-hybridized carbons (Fsp3) is 0.278. The quantitative estimate of drug-likeness (QED) is 0.820. The van der Waals surface area contributed by atoms with Crippen LogP contribution < -0.4 is 5.56 Å². The number of ether oxygens (including phenoxy) is 1. The van der Waals surface area contributed by atoms with Crippen molar-refractivity contribution in [2.75, 3.05) is 13.2 Å². The molecule has 1 amide bonds. The van der Waals surface area contributed by atoms with Gasteiger partial charge in [0.05, 0.1) is 12.2 Å². The first-order valence-electron chi connectivity index (χ1n) is 8.01. The van der Waals surface area contributed by atoms with Crippen molar-refractivity contribution in [1.82, 2.24) is 9.88 Å². The number of carbonyl (C=O) groups is 2. The lowest BCUT2D eigenvalue weighted by molar-refractivity contribution is 0.0516. The normalized spacial score (nSPS) is 13.5. The molecule has 7 heteroatoms. The number of amides is 1. The molecule has 130 valence electrons. The number of benzene rings is 1. The number of aromatic nitrogens is 1. The van der Waals surface area contributed by atoms with Crippen LogP contribution in [0.25, 0.3) is 0 Å². The molecule has 2 N–H and O–H groups in total. The number of nitrogens with zero attached hydrogens (tertiary/aromatic N) is 1. The van der Waals surface area contributed by atoms with Crippen LogP contribution in [-0.2, 0) is 17.7 Å². The summed E-state index contributed by atoms with van der Waals surface area (Å²) in [5.41, 5.74) is 0.206. The van der Waals surface area contributed by atoms with E-state index in [1.54, 1.807) is 11.8 Å². The fourth-order valence-corrected chi connectivity index (χ4v) is 2.95. The van der Waals surface area contributed by atoms with E-state index >= 15 is 0 Å². The molecule has 1 aromatic carbocycles. The number of aromatic hydroxyl groups is 1. The predicted molar refractivity (Wildman–Crippen MR) is 89.6 cm³/mol. The van der Waals surface area contributed by atoms with Crippen LogP contribution in [0.5, 0.6) is 5.75 Å². The topological polar surface area (TPSA) is 99.7 Å². The molecule has 2 aromatic rings. The first-order valence-corrected chi connectivity index (χ1v) is 8.01. The summed E-state index contributed by atoms with van der Waals surface area (Å²) < 4.78 is 4.93. The van der Waals surface area contributed by atoms with Crippen LogP contribution in [-0.4, -0.2) is 40.0 Å². The Bertz CT molecular complexity index is 873. The van der Waals surface area contributed by atoms with Crippen LogP contribution in [0.15, 0.2) is 35.1 Å². The van der Waals surface area contributed by atoms with Crippen molar-refractivity contribution < 1.29 is 19.4 Å². The molecule has 0 bridgehead atoms. The van der Waals surface area contributed by atoms with Gasteiger partial charge in [0.2, 0.25) is 0 Å². The van der Waals surface area contributed by atoms with Crippen molar-refractivity contribution in [2.24, 2.45) is 0 Å². The van der Waals surface area contributed by atoms with Crippen molar-refractivity contribution in [3.63, 3.8) is 0 Å². The van der Waals surface area contributed by atoms with Gasteiger partial charge in [0.25, 0.3) is 11.5 Å². The lowest BCUT2D eigenvalue weighted by atomic mass is 9.96. The van der Waals surface area contributed by atoms with Gasteiger partial charge in [0, 0.05) is 18.7 Å². The van der Waals surface area contributed by atoms with Gasteiger partial charge < -0.3 is 19.7 Å². The molecule has 1 aromatic heterocycles. The number of esters is 1. The highest BCUT2D eigenvalue weighted by molar-refractivity contribution is 6.02. The molecule has 0 unspecified atom stereocenters. The zero-order valence-electron chi connectivity index (χ0n) is 13.7. The molecule has 25 heavy (non-hydrogen) atoms. The van der Waals surface area contributed by atoms with Gasteiger partial charge >= 0.3 is 5.97 Å². The number of aromatic amines is 1. The number of nitrogens with one attached hydrogen (secondary N) is 1. The van der Waals surface area contributed by atoms with Gasteiger partial charge in [-0.05, 0) is 18.9 Å². The summed E-state index contributed by atoms with van der Waals surface area (Å²) in [7, 11) is 0. The Kier molecular flexibility index (Phi) is 4.56. The minimum absolute atomic E-state index is 0.0626. The smallest absolute Gasteiger partial charge is 0.355 e. The largest absolute Gasteiger partial charge is 0.502 e. The van der Waals surface area contributed by atoms with Gasteiger partial charge in [-0.3, -0.25) is 9.59 Å². The van der Waals surface area contributed by atoms with Gasteiger partial charge in [-0.2, -0.15) is 0 Å². The SMILES string of the molecule is CCOC(=O)c1[nH]c(=O)c(O)c2c1CCN(Cc1ccccc1)C2=O. The second-order valence-corrected chi connectivity index (χ2v) is 5.71. The van der Waals surface area contributed by atoms with Gasteiger partial charge in [-0.15, -0.1) is 0 Å². The third-order valence-corrected chi connectivity index (χ3v) is 4.12. The first-order chi connectivity index (χ1) is 12.0. The van der Waals surface area contributed by atoms with E-state index in [2.05, 4.69) is 4.98 Å². The maximum atomic E-state index is 12.8. The van der Waals surface area contributed by atoms with Gasteiger partial charge in [0.1, 0.15) is 5.69 Å². The average molecular weight is 342 g/mol. The summed E-state index contributed by atoms with van der Waals surface area (Å²) in [4.78, 5) is 40.7. The van der Waals surface area contributed by atoms with Gasteiger partial charge in [-0.25, -0.2) is 4.79 Å². The van der Waals surface area contributed by atoms with Crippen molar-refractivity contribution in [3.05, 3.63) is 63.1 Å². The Morgan fingerprint density at radius 3 is 2.68 bits per heavy atom. The van der Waals surface area contributed by atoms with Gasteiger partial charge in [-0.1, -0.05) is 30.3 Å². The molecular formula is C18H18N2O5. The lowest BCUT2D eigenvalue weighted by Gasteiger charge is -2.29. The minimum atomic E-state index is -0.878. The third-order valence-electron chi connectivity index (χ3n) is 4.12. The van der Waals surface area contributed by atoms with E-state index in [-0.39, 0.29) is 17.9 Å². The molecule has 3 rings (SSSR count). The highest BCUT2D eigenvalue weighted by atomic mass is 16.5. The fourth-order valence-electron chi connectivity index (χ4n) is 2.95. The van der Waals surface area contributed by atoms with E-state index in [1.165, 1.54) is 0 Å². The van der Waals surface area contributed by atoms with Crippen molar-refractivity contribution in [1.29, 1.82) is 0 Å². The molecule has 1 aliphatic heterocycles. The molecule has 0 saturated heterocycles. The molecule has 1 aliphatic rings. The van der Waals surface area contributed by atoms with Crippen LogP contribution in [0.2, 0.25) is 0 Å². The van der Waals surface area contributed by atoms with E-state index in [4.69, 9.17) is 4.74 Å². The molecule has 0 radical (unpaired) electrons. The van der Waals surface area contributed by atoms with Crippen LogP contribution in [0.1, 0.15) is 38.9 Å². The molecular weight excluding hydrogens is 324 g/mol. The Labute approximate surface area is 143 Å². The minimum Gasteiger partial charge on any atom is -0.502 e. The maximum Gasteiger partial charge on any atom is 0.355 e. The standard InChI is InChI=1S/C18H18N2O5/c1-2-25-18(24)14-12-8-9-20(10-11-6-4-3-5-7-11)17(23)13(12)15(21)16(22)19-14/h3-7,21H,2,8-10H2,1H3,(H,19,22). The summed E-state index contributed by atoms with van der Waals surface area (Å²) in [6.07, 6.45) is 0.340. The third kappa shape index (κ3) is 3.13. The van der Waals surface area contributed by atoms with Crippen molar-refractivity contribution in [3.8, 4) is 5.75 Å². The Hall–Kier alpha value is -3.09. The summed E-state index contributed by atoms with van der Waals surface area (Å²) in [5.74, 6) is -1.84. The van der Waals surface area contributed by atoms with Gasteiger partial charge in [0.15, 0.2) is 5.75 Å². The summed E-state index contributed by atoms with van der Waals surface area (Å²) >= 11 is 0.